The van der Waals surface area contributed by atoms with Gasteiger partial charge in [0.1, 0.15) is 16.5 Å². The van der Waals surface area contributed by atoms with Crippen LogP contribution in [0.2, 0.25) is 0 Å². The Labute approximate surface area is 79.5 Å². The van der Waals surface area contributed by atoms with Gasteiger partial charge in [-0.15, -0.1) is 0 Å². The van der Waals surface area contributed by atoms with Crippen molar-refractivity contribution >= 4 is 26.6 Å². The van der Waals surface area contributed by atoms with Crippen LogP contribution in [0.5, 0.6) is 0 Å². The van der Waals surface area contributed by atoms with E-state index in [0.29, 0.717) is 10.0 Å². The molecule has 0 aliphatic heterocycles. The van der Waals surface area contributed by atoms with Crippen molar-refractivity contribution < 1.29 is 12.8 Å². The molecule has 0 N–H and O–H groups in total. The fourth-order valence-corrected chi connectivity index (χ4v) is 1.53. The molecule has 12 heavy (non-hydrogen) atoms. The van der Waals surface area contributed by atoms with Crippen molar-refractivity contribution in [3.05, 3.63) is 34.1 Å². The van der Waals surface area contributed by atoms with Gasteiger partial charge in [-0.1, -0.05) is 6.07 Å². The second-order valence-corrected chi connectivity index (χ2v) is 4.08. The van der Waals surface area contributed by atoms with Gasteiger partial charge in [-0.3, -0.25) is 0 Å². The molecule has 0 spiro atoms. The lowest BCUT2D eigenvalue weighted by molar-refractivity contribution is 0.611. The standard InChI is InChI=1S/C7H6BrFO2S/c8-6-2-1-5(3-7(6)9)4-12(10)11/h1-3,12H,4H2. The SMILES string of the molecule is O=[SH](=O)Cc1ccc(Br)c(F)c1. The minimum absolute atomic E-state index is 0.112. The van der Waals surface area contributed by atoms with Gasteiger partial charge >= 0.3 is 0 Å². The number of hydrogen-bond acceptors (Lipinski definition) is 2. The summed E-state index contributed by atoms with van der Waals surface area (Å²) in [6.45, 7) is 0. The molecular weight excluding hydrogens is 247 g/mol. The van der Waals surface area contributed by atoms with Gasteiger partial charge in [-0.05, 0) is 33.6 Å². The highest BCUT2D eigenvalue weighted by molar-refractivity contribution is 9.10. The summed E-state index contributed by atoms with van der Waals surface area (Å²) in [6.07, 6.45) is 0. The van der Waals surface area contributed by atoms with Crippen molar-refractivity contribution in [2.45, 2.75) is 5.75 Å². The normalized spacial score (nSPS) is 10.6. The van der Waals surface area contributed by atoms with Gasteiger partial charge in [-0.25, -0.2) is 12.8 Å². The van der Waals surface area contributed by atoms with Crippen LogP contribution in [0.3, 0.4) is 0 Å². The number of halogens is 2. The predicted octanol–water partition coefficient (Wildman–Crippen LogP) is 1.70. The van der Waals surface area contributed by atoms with E-state index in [1.54, 1.807) is 6.07 Å². The summed E-state index contributed by atoms with van der Waals surface area (Å²) in [6, 6.07) is 4.26. The van der Waals surface area contributed by atoms with E-state index in [4.69, 9.17) is 0 Å². The fraction of sp³-hybridized carbons (Fsp3) is 0.143. The Bertz CT molecular complexity index is 354. The molecule has 0 radical (unpaired) electrons. The van der Waals surface area contributed by atoms with E-state index in [-0.39, 0.29) is 5.75 Å². The zero-order valence-corrected chi connectivity index (χ0v) is 8.44. The summed E-state index contributed by atoms with van der Waals surface area (Å²) in [5.74, 6) is -0.552. The van der Waals surface area contributed by atoms with E-state index in [2.05, 4.69) is 15.9 Å². The Balaban J connectivity index is 2.97. The summed E-state index contributed by atoms with van der Waals surface area (Å²) < 4.78 is 33.7. The number of benzene rings is 1. The summed E-state index contributed by atoms with van der Waals surface area (Å²) in [5, 5.41) is 0. The van der Waals surface area contributed by atoms with Crippen molar-refractivity contribution in [2.75, 3.05) is 0 Å². The van der Waals surface area contributed by atoms with E-state index in [0.717, 1.165) is 0 Å². The molecule has 0 saturated heterocycles. The third-order valence-electron chi connectivity index (χ3n) is 1.30. The summed E-state index contributed by atoms with van der Waals surface area (Å²) >= 11 is 2.97. The topological polar surface area (TPSA) is 34.1 Å². The predicted molar refractivity (Wildman–Crippen MR) is 48.1 cm³/mol. The molecule has 5 heteroatoms. The maximum Gasteiger partial charge on any atom is 0.144 e. The Morgan fingerprint density at radius 2 is 2.08 bits per heavy atom. The number of thiol groups is 1. The minimum atomic E-state index is -2.48. The highest BCUT2D eigenvalue weighted by atomic mass is 79.9. The van der Waals surface area contributed by atoms with E-state index >= 15 is 0 Å². The molecule has 0 amide bonds. The first-order valence-electron chi connectivity index (χ1n) is 3.15. The second-order valence-electron chi connectivity index (χ2n) is 2.24. The van der Waals surface area contributed by atoms with Gasteiger partial charge in [0.05, 0.1) is 10.2 Å². The molecular formula is C7H6BrFO2S. The van der Waals surface area contributed by atoms with Gasteiger partial charge in [0.2, 0.25) is 0 Å². The molecule has 0 bridgehead atoms. The first-order valence-corrected chi connectivity index (χ1v) is 5.31. The molecule has 0 aliphatic carbocycles. The fourth-order valence-electron chi connectivity index (χ4n) is 0.787. The molecule has 0 heterocycles. The molecule has 1 aromatic carbocycles. The third kappa shape index (κ3) is 2.57. The lowest BCUT2D eigenvalue weighted by atomic mass is 10.2. The van der Waals surface area contributed by atoms with Crippen LogP contribution < -0.4 is 0 Å². The van der Waals surface area contributed by atoms with E-state index in [9.17, 15) is 12.8 Å². The quantitative estimate of drug-likeness (QED) is 0.814. The van der Waals surface area contributed by atoms with Crippen molar-refractivity contribution in [3.63, 3.8) is 0 Å². The Morgan fingerprint density at radius 1 is 1.42 bits per heavy atom. The molecule has 1 aromatic rings. The molecule has 0 unspecified atom stereocenters. The number of hydrogen-bond donors (Lipinski definition) is 1. The van der Waals surface area contributed by atoms with Crippen molar-refractivity contribution in [2.24, 2.45) is 0 Å². The smallest absolute Gasteiger partial charge is 0.144 e. The molecule has 66 valence electrons. The maximum absolute atomic E-state index is 12.8. The Morgan fingerprint density at radius 3 is 2.58 bits per heavy atom. The zero-order chi connectivity index (χ0) is 9.14. The lowest BCUT2D eigenvalue weighted by Crippen LogP contribution is -1.88. The summed E-state index contributed by atoms with van der Waals surface area (Å²) in [5.41, 5.74) is 0.465. The Kier molecular flexibility index (Phi) is 3.22. The first-order chi connectivity index (χ1) is 5.59. The highest BCUT2D eigenvalue weighted by Crippen LogP contribution is 2.16. The van der Waals surface area contributed by atoms with Crippen LogP contribution in [0.4, 0.5) is 4.39 Å². The molecule has 0 saturated carbocycles. The third-order valence-corrected chi connectivity index (χ3v) is 2.56. The van der Waals surface area contributed by atoms with Crippen molar-refractivity contribution in [1.29, 1.82) is 0 Å². The summed E-state index contributed by atoms with van der Waals surface area (Å²) in [4.78, 5) is 0. The molecule has 0 aliphatic rings. The van der Waals surface area contributed by atoms with Crippen LogP contribution in [0.1, 0.15) is 5.56 Å². The van der Waals surface area contributed by atoms with Crippen LogP contribution in [-0.4, -0.2) is 8.42 Å². The van der Waals surface area contributed by atoms with Gasteiger partial charge in [0.25, 0.3) is 0 Å². The first kappa shape index (κ1) is 9.67. The second kappa shape index (κ2) is 4.00. The zero-order valence-electron chi connectivity index (χ0n) is 5.96. The van der Waals surface area contributed by atoms with Crippen LogP contribution in [0.25, 0.3) is 0 Å². The van der Waals surface area contributed by atoms with Gasteiger partial charge in [0.15, 0.2) is 0 Å². The van der Waals surface area contributed by atoms with Gasteiger partial charge in [0, 0.05) is 0 Å². The number of rotatable bonds is 2. The van der Waals surface area contributed by atoms with Crippen molar-refractivity contribution in [3.8, 4) is 0 Å². The van der Waals surface area contributed by atoms with Crippen molar-refractivity contribution in [1.82, 2.24) is 0 Å². The van der Waals surface area contributed by atoms with E-state index < -0.39 is 16.5 Å². The largest absolute Gasteiger partial charge is 0.232 e. The lowest BCUT2D eigenvalue weighted by Gasteiger charge is -1.96. The molecule has 1 rings (SSSR count). The summed E-state index contributed by atoms with van der Waals surface area (Å²) in [7, 11) is -2.48. The molecule has 0 aromatic heterocycles. The minimum Gasteiger partial charge on any atom is -0.232 e. The van der Waals surface area contributed by atoms with Crippen LogP contribution in [0, 0.1) is 5.82 Å². The van der Waals surface area contributed by atoms with Crippen LogP contribution >= 0.6 is 15.9 Å². The highest BCUT2D eigenvalue weighted by Gasteiger charge is 2.00. The maximum atomic E-state index is 12.8. The van der Waals surface area contributed by atoms with Gasteiger partial charge < -0.3 is 0 Å². The van der Waals surface area contributed by atoms with Crippen LogP contribution in [-0.2, 0) is 16.5 Å². The van der Waals surface area contributed by atoms with E-state index in [1.165, 1.54) is 12.1 Å². The molecule has 0 fully saturated rings. The van der Waals surface area contributed by atoms with Crippen LogP contribution in [0.15, 0.2) is 22.7 Å². The molecule has 0 atom stereocenters. The van der Waals surface area contributed by atoms with E-state index in [1.807, 2.05) is 0 Å². The average Bonchev–Trinajstić information content (AvgIpc) is 1.96. The Hall–Kier alpha value is -0.420. The molecule has 2 nitrogen and oxygen atoms in total. The van der Waals surface area contributed by atoms with Gasteiger partial charge in [-0.2, -0.15) is 0 Å². The monoisotopic (exact) mass is 252 g/mol. The average molecular weight is 253 g/mol.